The molecule has 0 fully saturated rings. The van der Waals surface area contributed by atoms with Crippen LogP contribution in [-0.2, 0) is 9.59 Å². The number of rotatable bonds is 10. The van der Waals surface area contributed by atoms with Crippen LogP contribution in [0.1, 0.15) is 20.7 Å². The average molecular weight is 464 g/mol. The summed E-state index contributed by atoms with van der Waals surface area (Å²) in [6.07, 6.45) is 0. The van der Waals surface area contributed by atoms with Gasteiger partial charge in [0.2, 0.25) is 0 Å². The van der Waals surface area contributed by atoms with Gasteiger partial charge in [-0.15, -0.1) is 0 Å². The van der Waals surface area contributed by atoms with Crippen molar-refractivity contribution >= 4 is 35.1 Å². The van der Waals surface area contributed by atoms with E-state index < -0.39 is 37.0 Å². The first kappa shape index (κ1) is 23.8. The van der Waals surface area contributed by atoms with Gasteiger partial charge >= 0.3 is 11.9 Å². The first-order chi connectivity index (χ1) is 16.3. The number of hydrogen-bond acceptors (Lipinski definition) is 6. The minimum absolute atomic E-state index is 0.177. The Labute approximate surface area is 193 Å². The largest absolute Gasteiger partial charge is 0.480 e. The number of nitrogens with one attached hydrogen (secondary N) is 2. The van der Waals surface area contributed by atoms with Crippen LogP contribution in [0.4, 0.5) is 11.4 Å². The van der Waals surface area contributed by atoms with Crippen LogP contribution in [0, 0.1) is 0 Å². The summed E-state index contributed by atoms with van der Waals surface area (Å²) in [7, 11) is 0. The maximum Gasteiger partial charge on any atom is 0.341 e. The van der Waals surface area contributed by atoms with E-state index in [9.17, 15) is 19.2 Å². The quantitative estimate of drug-likeness (QED) is 0.357. The van der Waals surface area contributed by atoms with Crippen molar-refractivity contribution in [2.75, 3.05) is 23.8 Å². The topological polar surface area (TPSA) is 151 Å². The molecule has 3 aromatic rings. The predicted molar refractivity (Wildman–Crippen MR) is 121 cm³/mol. The number of aliphatic carboxylic acids is 2. The molecule has 0 atom stereocenters. The summed E-state index contributed by atoms with van der Waals surface area (Å²) in [4.78, 5) is 47.0. The zero-order valence-corrected chi connectivity index (χ0v) is 17.7. The van der Waals surface area contributed by atoms with Gasteiger partial charge in [-0.3, -0.25) is 9.59 Å². The number of anilines is 2. The number of ether oxygens (including phenoxy) is 2. The van der Waals surface area contributed by atoms with Crippen molar-refractivity contribution in [3.8, 4) is 11.5 Å². The van der Waals surface area contributed by atoms with Crippen molar-refractivity contribution in [2.24, 2.45) is 0 Å². The van der Waals surface area contributed by atoms with Crippen molar-refractivity contribution in [2.45, 2.75) is 0 Å². The summed E-state index contributed by atoms with van der Waals surface area (Å²) in [5.74, 6) is -3.02. The lowest BCUT2D eigenvalue weighted by molar-refractivity contribution is -0.140. The molecule has 4 N–H and O–H groups in total. The van der Waals surface area contributed by atoms with Gasteiger partial charge in [0.25, 0.3) is 11.8 Å². The maximum absolute atomic E-state index is 12.8. The van der Waals surface area contributed by atoms with E-state index in [1.807, 2.05) is 0 Å². The molecule has 10 heteroatoms. The van der Waals surface area contributed by atoms with Gasteiger partial charge in [0.15, 0.2) is 13.2 Å². The van der Waals surface area contributed by atoms with Crippen molar-refractivity contribution < 1.29 is 38.9 Å². The van der Waals surface area contributed by atoms with Crippen molar-refractivity contribution in [1.82, 2.24) is 0 Å². The third kappa shape index (κ3) is 6.57. The van der Waals surface area contributed by atoms with Crippen LogP contribution in [0.3, 0.4) is 0 Å². The summed E-state index contributed by atoms with van der Waals surface area (Å²) in [5.41, 5.74) is 0.897. The molecule has 3 rings (SSSR count). The molecule has 0 aliphatic carbocycles. The molecule has 2 amide bonds. The highest BCUT2D eigenvalue weighted by Gasteiger charge is 2.15. The van der Waals surface area contributed by atoms with E-state index in [1.54, 1.807) is 36.4 Å². The van der Waals surface area contributed by atoms with Gasteiger partial charge in [0.1, 0.15) is 11.5 Å². The number of benzene rings is 3. The van der Waals surface area contributed by atoms with E-state index in [0.717, 1.165) is 0 Å². The van der Waals surface area contributed by atoms with Gasteiger partial charge in [-0.2, -0.15) is 0 Å². The molecule has 0 bridgehead atoms. The number of carboxylic acids is 2. The van der Waals surface area contributed by atoms with Crippen molar-refractivity contribution in [3.05, 3.63) is 83.9 Å². The fourth-order valence-electron chi connectivity index (χ4n) is 2.86. The lowest BCUT2D eigenvalue weighted by Gasteiger charge is -2.13. The van der Waals surface area contributed by atoms with Gasteiger partial charge in [0, 0.05) is 11.1 Å². The van der Waals surface area contributed by atoms with Gasteiger partial charge in [-0.05, 0) is 42.5 Å². The summed E-state index contributed by atoms with van der Waals surface area (Å²) < 4.78 is 10.4. The Hall–Kier alpha value is -4.86. The molecular formula is C24H20N2O8. The number of carbonyl (C=O) groups is 4. The first-order valence-corrected chi connectivity index (χ1v) is 9.93. The second-order valence-electron chi connectivity index (χ2n) is 6.85. The lowest BCUT2D eigenvalue weighted by atomic mass is 10.1. The zero-order valence-electron chi connectivity index (χ0n) is 17.7. The normalized spacial score (nSPS) is 10.1. The van der Waals surface area contributed by atoms with Crippen LogP contribution in [0.25, 0.3) is 0 Å². The summed E-state index contributed by atoms with van der Waals surface area (Å²) in [6.45, 7) is -1.14. The van der Waals surface area contributed by atoms with E-state index in [1.165, 1.54) is 36.4 Å². The van der Waals surface area contributed by atoms with Crippen molar-refractivity contribution in [1.29, 1.82) is 0 Å². The Bertz CT molecular complexity index is 1130. The van der Waals surface area contributed by atoms with Crippen LogP contribution >= 0.6 is 0 Å². The summed E-state index contributed by atoms with van der Waals surface area (Å²) in [5, 5.41) is 22.9. The third-order valence-corrected chi connectivity index (χ3v) is 4.36. The Morgan fingerprint density at radius 2 is 1.03 bits per heavy atom. The van der Waals surface area contributed by atoms with Crippen LogP contribution < -0.4 is 20.1 Å². The minimum Gasteiger partial charge on any atom is -0.480 e. The molecule has 0 unspecified atom stereocenters. The Morgan fingerprint density at radius 1 is 0.618 bits per heavy atom. The smallest absolute Gasteiger partial charge is 0.341 e. The standard InChI is InChI=1S/C24H20N2O8/c27-21(28)13-33-19-10-3-1-8-17(19)25-23(31)15-6-5-7-16(12-15)24(32)26-18-9-2-4-11-20(18)34-14-22(29)30/h1-12H,13-14H2,(H,25,31)(H,26,32)(H,27,28)(H,29,30). The minimum atomic E-state index is -1.16. The molecular weight excluding hydrogens is 444 g/mol. The molecule has 0 aromatic heterocycles. The highest BCUT2D eigenvalue weighted by molar-refractivity contribution is 6.09. The highest BCUT2D eigenvalue weighted by Crippen LogP contribution is 2.26. The van der Waals surface area contributed by atoms with Crippen LogP contribution in [-0.4, -0.2) is 47.2 Å². The van der Waals surface area contributed by atoms with Crippen LogP contribution in [0.5, 0.6) is 11.5 Å². The van der Waals surface area contributed by atoms with Gasteiger partial charge in [-0.1, -0.05) is 30.3 Å². The molecule has 0 aliphatic rings. The fourth-order valence-corrected chi connectivity index (χ4v) is 2.86. The van der Waals surface area contributed by atoms with Gasteiger partial charge in [0.05, 0.1) is 11.4 Å². The van der Waals surface area contributed by atoms with Crippen LogP contribution in [0.2, 0.25) is 0 Å². The number of amides is 2. The number of carboxylic acid groups (broad SMARTS) is 2. The lowest BCUT2D eigenvalue weighted by Crippen LogP contribution is -2.17. The molecule has 174 valence electrons. The number of hydrogen-bond donors (Lipinski definition) is 4. The highest BCUT2D eigenvalue weighted by atomic mass is 16.5. The Kier molecular flexibility index (Phi) is 7.79. The SMILES string of the molecule is O=C(O)COc1ccccc1NC(=O)c1cccc(C(=O)Nc2ccccc2OCC(=O)O)c1. The monoisotopic (exact) mass is 464 g/mol. The number of carbonyl (C=O) groups excluding carboxylic acids is 2. The molecule has 0 saturated heterocycles. The Balaban J connectivity index is 1.73. The molecule has 10 nitrogen and oxygen atoms in total. The molecule has 0 radical (unpaired) electrons. The van der Waals surface area contributed by atoms with Crippen molar-refractivity contribution in [3.63, 3.8) is 0 Å². The average Bonchev–Trinajstić information content (AvgIpc) is 2.83. The van der Waals surface area contributed by atoms with E-state index in [0.29, 0.717) is 0 Å². The van der Waals surface area contributed by atoms with Gasteiger partial charge in [-0.25, -0.2) is 9.59 Å². The van der Waals surface area contributed by atoms with Gasteiger partial charge < -0.3 is 30.3 Å². The molecule has 0 aliphatic heterocycles. The third-order valence-electron chi connectivity index (χ3n) is 4.36. The fraction of sp³-hybridized carbons (Fsp3) is 0.0833. The van der Waals surface area contributed by atoms with E-state index in [2.05, 4.69) is 10.6 Å². The molecule has 3 aromatic carbocycles. The molecule has 0 spiro atoms. The summed E-state index contributed by atoms with van der Waals surface area (Å²) >= 11 is 0. The Morgan fingerprint density at radius 3 is 1.44 bits per heavy atom. The molecule has 34 heavy (non-hydrogen) atoms. The van der Waals surface area contributed by atoms with E-state index >= 15 is 0 Å². The molecule has 0 saturated carbocycles. The first-order valence-electron chi connectivity index (χ1n) is 9.93. The predicted octanol–water partition coefficient (Wildman–Crippen LogP) is 3.12. The zero-order chi connectivity index (χ0) is 24.5. The van der Waals surface area contributed by atoms with Crippen LogP contribution in [0.15, 0.2) is 72.8 Å². The second-order valence-corrected chi connectivity index (χ2v) is 6.85. The maximum atomic E-state index is 12.8. The van der Waals surface area contributed by atoms with E-state index in [4.69, 9.17) is 19.7 Å². The molecule has 0 heterocycles. The summed E-state index contributed by atoms with van der Waals surface area (Å²) in [6, 6.07) is 18.7. The van der Waals surface area contributed by atoms with E-state index in [-0.39, 0.29) is 34.0 Å². The number of para-hydroxylation sites is 4. The second kappa shape index (κ2) is 11.1.